The van der Waals surface area contributed by atoms with Gasteiger partial charge in [0.05, 0.1) is 16.4 Å². The van der Waals surface area contributed by atoms with Crippen molar-refractivity contribution in [3.05, 3.63) is 53.1 Å². The molecule has 0 spiro atoms. The third-order valence-corrected chi connectivity index (χ3v) is 3.82. The second-order valence-electron chi connectivity index (χ2n) is 5.27. The van der Waals surface area contributed by atoms with Crippen LogP contribution in [-0.2, 0) is 9.59 Å². The van der Waals surface area contributed by atoms with Gasteiger partial charge in [-0.3, -0.25) is 14.5 Å². The Kier molecular flexibility index (Phi) is 4.21. The number of carbonyl (C=O) groups excluding carboxylic acids is 2. The first kappa shape index (κ1) is 15.4. The number of halogens is 1. The molecule has 23 heavy (non-hydrogen) atoms. The van der Waals surface area contributed by atoms with Crippen LogP contribution in [0.5, 0.6) is 5.75 Å². The van der Waals surface area contributed by atoms with Crippen LogP contribution >= 0.6 is 11.6 Å². The summed E-state index contributed by atoms with van der Waals surface area (Å²) in [4.78, 5) is 25.7. The summed E-state index contributed by atoms with van der Waals surface area (Å²) < 4.78 is 5.35. The normalized spacial score (nSPS) is 13.3. The van der Waals surface area contributed by atoms with Crippen molar-refractivity contribution in [3.63, 3.8) is 0 Å². The van der Waals surface area contributed by atoms with E-state index in [-0.39, 0.29) is 25.0 Å². The summed E-state index contributed by atoms with van der Waals surface area (Å²) in [5.41, 5.74) is 2.12. The molecule has 1 aliphatic heterocycles. The largest absolute Gasteiger partial charge is 0.482 e. The van der Waals surface area contributed by atoms with Crippen molar-refractivity contribution in [1.29, 1.82) is 0 Å². The Morgan fingerprint density at radius 2 is 2.09 bits per heavy atom. The smallest absolute Gasteiger partial charge is 0.265 e. The van der Waals surface area contributed by atoms with Gasteiger partial charge in [0.1, 0.15) is 12.3 Å². The zero-order valence-electron chi connectivity index (χ0n) is 12.5. The summed E-state index contributed by atoms with van der Waals surface area (Å²) >= 11 is 6.11. The fraction of sp³-hybridized carbons (Fsp3) is 0.176. The van der Waals surface area contributed by atoms with Crippen LogP contribution in [0.3, 0.4) is 0 Å². The number of hydrogen-bond acceptors (Lipinski definition) is 3. The van der Waals surface area contributed by atoms with E-state index < -0.39 is 0 Å². The van der Waals surface area contributed by atoms with Gasteiger partial charge in [-0.15, -0.1) is 0 Å². The molecule has 3 rings (SSSR count). The third kappa shape index (κ3) is 3.29. The summed E-state index contributed by atoms with van der Waals surface area (Å²) in [5.74, 6) is 0.0166. The highest BCUT2D eigenvalue weighted by Gasteiger charge is 2.27. The van der Waals surface area contributed by atoms with Crippen LogP contribution in [0, 0.1) is 6.92 Å². The number of carbonyl (C=O) groups is 2. The van der Waals surface area contributed by atoms with E-state index in [9.17, 15) is 9.59 Å². The molecule has 1 aliphatic rings. The molecule has 0 bridgehead atoms. The Balaban J connectivity index is 1.76. The van der Waals surface area contributed by atoms with Gasteiger partial charge in [-0.2, -0.15) is 0 Å². The van der Waals surface area contributed by atoms with Crippen LogP contribution in [0.4, 0.5) is 11.4 Å². The topological polar surface area (TPSA) is 58.6 Å². The minimum Gasteiger partial charge on any atom is -0.482 e. The van der Waals surface area contributed by atoms with E-state index >= 15 is 0 Å². The Labute approximate surface area is 138 Å². The maximum absolute atomic E-state index is 12.3. The highest BCUT2D eigenvalue weighted by Crippen LogP contribution is 2.31. The lowest BCUT2D eigenvalue weighted by molar-refractivity contribution is -0.123. The van der Waals surface area contributed by atoms with E-state index in [0.717, 1.165) is 5.56 Å². The number of hydrogen-bond donors (Lipinski definition) is 1. The van der Waals surface area contributed by atoms with Gasteiger partial charge in [-0.1, -0.05) is 29.8 Å². The minimum absolute atomic E-state index is 0.0738. The van der Waals surface area contributed by atoms with Crippen molar-refractivity contribution in [3.8, 4) is 5.75 Å². The van der Waals surface area contributed by atoms with E-state index in [4.69, 9.17) is 16.3 Å². The molecule has 2 amide bonds. The van der Waals surface area contributed by atoms with Gasteiger partial charge in [0.15, 0.2) is 6.61 Å². The summed E-state index contributed by atoms with van der Waals surface area (Å²) in [7, 11) is 0. The maximum Gasteiger partial charge on any atom is 0.265 e. The summed E-state index contributed by atoms with van der Waals surface area (Å²) in [5, 5.41) is 3.20. The second-order valence-corrected chi connectivity index (χ2v) is 5.67. The molecule has 2 aromatic carbocycles. The zero-order valence-corrected chi connectivity index (χ0v) is 13.3. The molecule has 0 aliphatic carbocycles. The number of para-hydroxylation sites is 2. The molecule has 0 saturated carbocycles. The van der Waals surface area contributed by atoms with Gasteiger partial charge < -0.3 is 10.1 Å². The number of fused-ring (bicyclic) bond motifs is 1. The molecule has 2 aromatic rings. The highest BCUT2D eigenvalue weighted by atomic mass is 35.5. The zero-order chi connectivity index (χ0) is 16.4. The van der Waals surface area contributed by atoms with Crippen LogP contribution in [0.15, 0.2) is 42.5 Å². The fourth-order valence-corrected chi connectivity index (χ4v) is 2.66. The highest BCUT2D eigenvalue weighted by molar-refractivity contribution is 6.33. The lowest BCUT2D eigenvalue weighted by atomic mass is 10.2. The van der Waals surface area contributed by atoms with Crippen LogP contribution in [0.1, 0.15) is 5.56 Å². The van der Waals surface area contributed by atoms with Crippen LogP contribution in [-0.4, -0.2) is 25.0 Å². The van der Waals surface area contributed by atoms with Crippen molar-refractivity contribution in [2.24, 2.45) is 0 Å². The molecule has 118 valence electrons. The van der Waals surface area contributed by atoms with Crippen LogP contribution in [0.2, 0.25) is 5.02 Å². The van der Waals surface area contributed by atoms with E-state index in [2.05, 4.69) is 5.32 Å². The first-order chi connectivity index (χ1) is 11.0. The standard InChI is InChI=1S/C17H15ClN2O3/c1-11-6-7-13(12(18)8-11)19-16(21)9-20-14-4-2-3-5-15(14)23-10-17(20)22/h2-8H,9-10H2,1H3,(H,19,21). The third-order valence-electron chi connectivity index (χ3n) is 3.51. The monoisotopic (exact) mass is 330 g/mol. The van der Waals surface area contributed by atoms with E-state index in [1.54, 1.807) is 30.3 Å². The molecule has 0 aromatic heterocycles. The van der Waals surface area contributed by atoms with E-state index in [1.165, 1.54) is 4.90 Å². The summed E-state index contributed by atoms with van der Waals surface area (Å²) in [6, 6.07) is 12.5. The van der Waals surface area contributed by atoms with Crippen molar-refractivity contribution in [1.82, 2.24) is 0 Å². The molecule has 0 saturated heterocycles. The maximum atomic E-state index is 12.3. The second kappa shape index (κ2) is 6.30. The van der Waals surface area contributed by atoms with Crippen molar-refractivity contribution < 1.29 is 14.3 Å². The minimum atomic E-state index is -0.319. The van der Waals surface area contributed by atoms with Crippen LogP contribution in [0.25, 0.3) is 0 Å². The van der Waals surface area contributed by atoms with Gasteiger partial charge in [0, 0.05) is 0 Å². The Morgan fingerprint density at radius 1 is 1.30 bits per heavy atom. The molecule has 1 heterocycles. The van der Waals surface area contributed by atoms with Crippen molar-refractivity contribution >= 4 is 34.8 Å². The molecule has 0 radical (unpaired) electrons. The number of amides is 2. The lowest BCUT2D eigenvalue weighted by Crippen LogP contribution is -2.43. The molecule has 0 fully saturated rings. The molecule has 0 atom stereocenters. The van der Waals surface area contributed by atoms with Crippen molar-refractivity contribution in [2.75, 3.05) is 23.4 Å². The quantitative estimate of drug-likeness (QED) is 0.941. The van der Waals surface area contributed by atoms with E-state index in [0.29, 0.717) is 22.1 Å². The summed E-state index contributed by atoms with van der Waals surface area (Å²) in [6.45, 7) is 1.75. The first-order valence-corrected chi connectivity index (χ1v) is 7.50. The molecular formula is C17H15ClN2O3. The molecular weight excluding hydrogens is 316 g/mol. The predicted molar refractivity (Wildman–Crippen MR) is 89.1 cm³/mol. The fourth-order valence-electron chi connectivity index (χ4n) is 2.38. The number of nitrogens with one attached hydrogen (secondary N) is 1. The summed E-state index contributed by atoms with van der Waals surface area (Å²) in [6.07, 6.45) is 0. The van der Waals surface area contributed by atoms with Gasteiger partial charge in [0.2, 0.25) is 5.91 Å². The molecule has 6 heteroatoms. The number of rotatable bonds is 3. The molecule has 5 nitrogen and oxygen atoms in total. The molecule has 0 unspecified atom stereocenters. The Morgan fingerprint density at radius 3 is 2.87 bits per heavy atom. The van der Waals surface area contributed by atoms with E-state index in [1.807, 2.05) is 19.1 Å². The average molecular weight is 331 g/mol. The number of aryl methyl sites for hydroxylation is 1. The number of ether oxygens (including phenoxy) is 1. The number of nitrogens with zero attached hydrogens (tertiary/aromatic N) is 1. The number of benzene rings is 2. The van der Waals surface area contributed by atoms with Gasteiger partial charge in [-0.05, 0) is 36.8 Å². The van der Waals surface area contributed by atoms with Gasteiger partial charge in [-0.25, -0.2) is 0 Å². The predicted octanol–water partition coefficient (Wildman–Crippen LogP) is 3.01. The van der Waals surface area contributed by atoms with Gasteiger partial charge >= 0.3 is 0 Å². The average Bonchev–Trinajstić information content (AvgIpc) is 2.53. The SMILES string of the molecule is Cc1ccc(NC(=O)CN2C(=O)COc3ccccc32)c(Cl)c1. The molecule has 1 N–H and O–H groups in total. The Bertz CT molecular complexity index is 776. The van der Waals surface area contributed by atoms with Gasteiger partial charge in [0.25, 0.3) is 5.91 Å². The number of anilines is 2. The lowest BCUT2D eigenvalue weighted by Gasteiger charge is -2.28. The van der Waals surface area contributed by atoms with Crippen molar-refractivity contribution in [2.45, 2.75) is 6.92 Å². The first-order valence-electron chi connectivity index (χ1n) is 7.13. The Hall–Kier alpha value is -2.53. The van der Waals surface area contributed by atoms with Crippen LogP contribution < -0.4 is 15.0 Å².